The molecule has 0 radical (unpaired) electrons. The number of fused-ring (bicyclic) bond motifs is 2. The van der Waals surface area contributed by atoms with Crippen molar-refractivity contribution in [2.45, 2.75) is 38.5 Å². The van der Waals surface area contributed by atoms with Gasteiger partial charge in [-0.15, -0.1) is 0 Å². The first-order chi connectivity index (χ1) is 14.3. The molecule has 1 aliphatic rings. The highest BCUT2D eigenvalue weighted by Gasteiger charge is 2.16. The second-order valence-electron chi connectivity index (χ2n) is 7.82. The van der Waals surface area contributed by atoms with Crippen LogP contribution in [0.15, 0.2) is 53.2 Å². The van der Waals surface area contributed by atoms with Crippen LogP contribution < -0.4 is 5.32 Å². The lowest BCUT2D eigenvalue weighted by molar-refractivity contribution is 0.0950. The number of carbonyl (C=O) groups is 1. The summed E-state index contributed by atoms with van der Waals surface area (Å²) >= 11 is 0. The fraction of sp³-hybridized carbons (Fsp3) is 0.348. The number of hydrogen-bond acceptors (Lipinski definition) is 4. The van der Waals surface area contributed by atoms with Crippen LogP contribution in [0, 0.1) is 5.92 Å². The first-order valence-corrected chi connectivity index (χ1v) is 10.4. The van der Waals surface area contributed by atoms with E-state index in [0.717, 1.165) is 35.7 Å². The van der Waals surface area contributed by atoms with E-state index in [1.807, 2.05) is 34.9 Å². The molecule has 148 valence electrons. The number of nitrogens with zero attached hydrogens (tertiary/aromatic N) is 3. The lowest BCUT2D eigenvalue weighted by Gasteiger charge is -2.21. The summed E-state index contributed by atoms with van der Waals surface area (Å²) < 4.78 is 7.89. The van der Waals surface area contributed by atoms with Crippen molar-refractivity contribution in [3.63, 3.8) is 0 Å². The largest absolute Gasteiger partial charge is 0.435 e. The summed E-state index contributed by atoms with van der Waals surface area (Å²) in [7, 11) is 0. The first kappa shape index (κ1) is 17.9. The van der Waals surface area contributed by atoms with Crippen LogP contribution in [0.4, 0.5) is 0 Å². The van der Waals surface area contributed by atoms with Gasteiger partial charge >= 0.3 is 0 Å². The zero-order valence-corrected chi connectivity index (χ0v) is 16.3. The van der Waals surface area contributed by atoms with Gasteiger partial charge in [0.25, 0.3) is 5.91 Å². The molecule has 1 saturated carbocycles. The minimum absolute atomic E-state index is 0.0598. The smallest absolute Gasteiger partial charge is 0.251 e. The summed E-state index contributed by atoms with van der Waals surface area (Å²) in [6, 6.07) is 11.2. The molecule has 0 atom stereocenters. The second-order valence-corrected chi connectivity index (χ2v) is 7.82. The van der Waals surface area contributed by atoms with Crippen LogP contribution in [0.2, 0.25) is 0 Å². The maximum absolute atomic E-state index is 12.6. The van der Waals surface area contributed by atoms with Crippen LogP contribution in [0.5, 0.6) is 0 Å². The Morgan fingerprint density at radius 2 is 2.07 bits per heavy atom. The van der Waals surface area contributed by atoms with E-state index >= 15 is 0 Å². The summed E-state index contributed by atoms with van der Waals surface area (Å²) in [6.07, 6.45) is 11.4. The van der Waals surface area contributed by atoms with Gasteiger partial charge in [0.15, 0.2) is 5.58 Å². The lowest BCUT2D eigenvalue weighted by Crippen LogP contribution is -2.26. The molecule has 0 aliphatic heterocycles. The van der Waals surface area contributed by atoms with E-state index in [1.54, 1.807) is 18.3 Å². The zero-order valence-electron chi connectivity index (χ0n) is 16.3. The number of benzene rings is 1. The van der Waals surface area contributed by atoms with E-state index in [9.17, 15) is 4.79 Å². The van der Waals surface area contributed by atoms with E-state index in [4.69, 9.17) is 4.42 Å². The number of amides is 1. The molecule has 1 aromatic carbocycles. The number of rotatable bonds is 5. The van der Waals surface area contributed by atoms with Gasteiger partial charge in [0.2, 0.25) is 5.89 Å². The van der Waals surface area contributed by atoms with Crippen molar-refractivity contribution in [3.05, 3.63) is 54.4 Å². The molecule has 1 amide bonds. The average Bonchev–Trinajstić information content (AvgIpc) is 3.37. The Balaban J connectivity index is 1.32. The summed E-state index contributed by atoms with van der Waals surface area (Å²) in [5.41, 5.74) is 3.55. The van der Waals surface area contributed by atoms with Gasteiger partial charge in [0.1, 0.15) is 16.9 Å². The minimum Gasteiger partial charge on any atom is -0.435 e. The molecule has 29 heavy (non-hydrogen) atoms. The molecular formula is C23H24N4O2. The Morgan fingerprint density at radius 3 is 2.97 bits per heavy atom. The van der Waals surface area contributed by atoms with Crippen LogP contribution in [0.3, 0.4) is 0 Å². The fourth-order valence-corrected chi connectivity index (χ4v) is 4.23. The SMILES string of the molecule is O=C(NCCC1CCCCC1)c1ccc2nc(-c3cnc4ccccn34)oc2c1. The number of nitrogens with one attached hydrogen (secondary N) is 1. The topological polar surface area (TPSA) is 72.4 Å². The Kier molecular flexibility index (Phi) is 4.76. The van der Waals surface area contributed by atoms with Crippen molar-refractivity contribution in [1.29, 1.82) is 0 Å². The van der Waals surface area contributed by atoms with Crippen molar-refractivity contribution < 1.29 is 9.21 Å². The number of imidazole rings is 1. The Labute approximate surface area is 169 Å². The number of oxazole rings is 1. The molecule has 0 bridgehead atoms. The third kappa shape index (κ3) is 3.62. The highest BCUT2D eigenvalue weighted by atomic mass is 16.3. The van der Waals surface area contributed by atoms with Crippen LogP contribution in [-0.4, -0.2) is 26.8 Å². The van der Waals surface area contributed by atoms with Gasteiger partial charge in [-0.05, 0) is 42.7 Å². The second kappa shape index (κ2) is 7.70. The van der Waals surface area contributed by atoms with E-state index in [1.165, 1.54) is 32.1 Å². The van der Waals surface area contributed by atoms with E-state index < -0.39 is 0 Å². The van der Waals surface area contributed by atoms with Gasteiger partial charge in [-0.25, -0.2) is 9.97 Å². The van der Waals surface area contributed by atoms with Gasteiger partial charge in [0, 0.05) is 18.3 Å². The Morgan fingerprint density at radius 1 is 1.17 bits per heavy atom. The van der Waals surface area contributed by atoms with Crippen molar-refractivity contribution in [2.75, 3.05) is 6.54 Å². The van der Waals surface area contributed by atoms with E-state index in [-0.39, 0.29) is 5.91 Å². The summed E-state index contributed by atoms with van der Waals surface area (Å²) in [5.74, 6) is 1.19. The quantitative estimate of drug-likeness (QED) is 0.531. The molecule has 4 aromatic rings. The standard InChI is InChI=1S/C23H24N4O2/c28-22(24-12-11-16-6-2-1-3-7-16)17-9-10-18-20(14-17)29-23(26-18)19-15-25-21-8-4-5-13-27(19)21/h4-5,8-10,13-16H,1-3,6-7,11-12H2,(H,24,28). The minimum atomic E-state index is -0.0598. The maximum atomic E-state index is 12.6. The van der Waals surface area contributed by atoms with Gasteiger partial charge in [0.05, 0.1) is 6.20 Å². The number of aromatic nitrogens is 3. The van der Waals surface area contributed by atoms with Crippen LogP contribution in [0.25, 0.3) is 28.3 Å². The van der Waals surface area contributed by atoms with Gasteiger partial charge in [-0.2, -0.15) is 0 Å². The van der Waals surface area contributed by atoms with Crippen molar-refractivity contribution >= 4 is 22.7 Å². The molecule has 6 nitrogen and oxygen atoms in total. The summed E-state index contributed by atoms with van der Waals surface area (Å²) in [4.78, 5) is 21.5. The normalized spacial score (nSPS) is 15.2. The predicted octanol–water partition coefficient (Wildman–Crippen LogP) is 4.84. The maximum Gasteiger partial charge on any atom is 0.251 e. The highest BCUT2D eigenvalue weighted by Crippen LogP contribution is 2.27. The summed E-state index contributed by atoms with van der Waals surface area (Å²) in [5, 5.41) is 3.05. The number of hydrogen-bond donors (Lipinski definition) is 1. The molecule has 0 unspecified atom stereocenters. The fourth-order valence-electron chi connectivity index (χ4n) is 4.23. The molecule has 3 heterocycles. The molecule has 0 spiro atoms. The van der Waals surface area contributed by atoms with E-state index in [0.29, 0.717) is 17.0 Å². The zero-order chi connectivity index (χ0) is 19.6. The molecule has 5 rings (SSSR count). The molecular weight excluding hydrogens is 364 g/mol. The number of pyridine rings is 1. The molecule has 0 saturated heterocycles. The lowest BCUT2D eigenvalue weighted by atomic mass is 9.87. The summed E-state index contributed by atoms with van der Waals surface area (Å²) in [6.45, 7) is 0.727. The molecule has 1 N–H and O–H groups in total. The molecule has 6 heteroatoms. The van der Waals surface area contributed by atoms with Crippen molar-refractivity contribution in [1.82, 2.24) is 19.7 Å². The monoisotopic (exact) mass is 388 g/mol. The van der Waals surface area contributed by atoms with Crippen LogP contribution in [-0.2, 0) is 0 Å². The third-order valence-electron chi connectivity index (χ3n) is 5.85. The van der Waals surface area contributed by atoms with E-state index in [2.05, 4.69) is 15.3 Å². The Bertz CT molecular complexity index is 1150. The van der Waals surface area contributed by atoms with Crippen molar-refractivity contribution in [2.24, 2.45) is 5.92 Å². The average molecular weight is 388 g/mol. The third-order valence-corrected chi connectivity index (χ3v) is 5.85. The van der Waals surface area contributed by atoms with Gasteiger partial charge < -0.3 is 9.73 Å². The molecule has 1 fully saturated rings. The molecule has 3 aromatic heterocycles. The Hall–Kier alpha value is -3.15. The van der Waals surface area contributed by atoms with Gasteiger partial charge in [-0.3, -0.25) is 9.20 Å². The predicted molar refractivity (Wildman–Crippen MR) is 112 cm³/mol. The van der Waals surface area contributed by atoms with Crippen LogP contribution in [0.1, 0.15) is 48.9 Å². The van der Waals surface area contributed by atoms with Gasteiger partial charge in [-0.1, -0.05) is 38.2 Å². The highest BCUT2D eigenvalue weighted by molar-refractivity contribution is 5.97. The molecule has 1 aliphatic carbocycles. The van der Waals surface area contributed by atoms with Crippen molar-refractivity contribution in [3.8, 4) is 11.6 Å². The number of carbonyl (C=O) groups excluding carboxylic acids is 1. The van der Waals surface area contributed by atoms with Crippen LogP contribution >= 0.6 is 0 Å². The first-order valence-electron chi connectivity index (χ1n) is 10.4.